The normalized spacial score (nSPS) is 16.0. The van der Waals surface area contributed by atoms with Crippen molar-refractivity contribution in [2.45, 2.75) is 12.8 Å². The highest BCUT2D eigenvalue weighted by atomic mass is 32.2. The summed E-state index contributed by atoms with van der Waals surface area (Å²) in [6.45, 7) is 0.774. The summed E-state index contributed by atoms with van der Waals surface area (Å²) in [5, 5.41) is 3.01. The van der Waals surface area contributed by atoms with Gasteiger partial charge < -0.3 is 11.1 Å². The molecule has 3 nitrogen and oxygen atoms in total. The lowest BCUT2D eigenvalue weighted by atomic mass is 10.0. The molecule has 1 amide bonds. The summed E-state index contributed by atoms with van der Waals surface area (Å²) in [5.74, 6) is 3.03. The molecule has 5 heteroatoms. The fourth-order valence-corrected chi connectivity index (χ4v) is 3.42. The number of amides is 1. The van der Waals surface area contributed by atoms with Gasteiger partial charge in [-0.05, 0) is 42.4 Å². The molecule has 102 valence electrons. The van der Waals surface area contributed by atoms with Gasteiger partial charge in [0.2, 0.25) is 0 Å². The number of benzene rings is 1. The lowest BCUT2D eigenvalue weighted by Crippen LogP contribution is -2.31. The molecule has 0 radical (unpaired) electrons. The van der Waals surface area contributed by atoms with Gasteiger partial charge in [0, 0.05) is 17.7 Å². The monoisotopic (exact) mass is 294 g/mol. The number of rotatable bonds is 4. The summed E-state index contributed by atoms with van der Waals surface area (Å²) in [4.78, 5) is 12.3. The van der Waals surface area contributed by atoms with Crippen molar-refractivity contribution in [3.8, 4) is 0 Å². The largest absolute Gasteiger partial charge is 0.389 e. The van der Waals surface area contributed by atoms with Gasteiger partial charge in [-0.25, -0.2) is 0 Å². The molecule has 3 N–H and O–H groups in total. The van der Waals surface area contributed by atoms with Crippen molar-refractivity contribution >= 4 is 34.9 Å². The summed E-state index contributed by atoms with van der Waals surface area (Å²) >= 11 is 6.88. The zero-order valence-electron chi connectivity index (χ0n) is 10.7. The highest BCUT2D eigenvalue weighted by Crippen LogP contribution is 2.21. The van der Waals surface area contributed by atoms with E-state index in [9.17, 15) is 4.79 Å². The van der Waals surface area contributed by atoms with Crippen LogP contribution in [0.1, 0.15) is 28.8 Å². The standard InChI is InChI=1S/C14H18N2OS2/c15-13(18)11-1-3-12(4-2-11)14(17)16-9-10-5-7-19-8-6-10/h1-4,10H,5-9H2,(H2,15,18)(H,16,17). The SMILES string of the molecule is NC(=S)c1ccc(C(=O)NCC2CCSCC2)cc1. The van der Waals surface area contributed by atoms with Crippen molar-refractivity contribution in [2.75, 3.05) is 18.1 Å². The van der Waals surface area contributed by atoms with Crippen molar-refractivity contribution in [2.24, 2.45) is 11.7 Å². The Kier molecular flexibility index (Phi) is 5.22. The number of carbonyl (C=O) groups is 1. The van der Waals surface area contributed by atoms with E-state index in [4.69, 9.17) is 18.0 Å². The lowest BCUT2D eigenvalue weighted by molar-refractivity contribution is 0.0946. The van der Waals surface area contributed by atoms with Crippen LogP contribution >= 0.6 is 24.0 Å². The molecule has 1 fully saturated rings. The number of hydrogen-bond acceptors (Lipinski definition) is 3. The van der Waals surface area contributed by atoms with Gasteiger partial charge in [0.1, 0.15) is 4.99 Å². The quantitative estimate of drug-likeness (QED) is 0.836. The van der Waals surface area contributed by atoms with Gasteiger partial charge in [-0.3, -0.25) is 4.79 Å². The smallest absolute Gasteiger partial charge is 0.251 e. The summed E-state index contributed by atoms with van der Waals surface area (Å²) < 4.78 is 0. The Labute approximate surface area is 123 Å². The second-order valence-electron chi connectivity index (χ2n) is 4.71. The Hall–Kier alpha value is -1.07. The maximum atomic E-state index is 12.0. The molecule has 1 aromatic rings. The van der Waals surface area contributed by atoms with Gasteiger partial charge >= 0.3 is 0 Å². The molecule has 0 unspecified atom stereocenters. The van der Waals surface area contributed by atoms with E-state index < -0.39 is 0 Å². The Morgan fingerprint density at radius 2 is 1.84 bits per heavy atom. The summed E-state index contributed by atoms with van der Waals surface area (Å²) in [6, 6.07) is 7.10. The first kappa shape index (κ1) is 14.3. The van der Waals surface area contributed by atoms with Crippen LogP contribution < -0.4 is 11.1 Å². The van der Waals surface area contributed by atoms with Crippen molar-refractivity contribution in [3.63, 3.8) is 0 Å². The van der Waals surface area contributed by atoms with Crippen LogP contribution in [0, 0.1) is 5.92 Å². The van der Waals surface area contributed by atoms with Gasteiger partial charge in [0.05, 0.1) is 0 Å². The zero-order valence-corrected chi connectivity index (χ0v) is 12.4. The maximum absolute atomic E-state index is 12.0. The molecule has 1 aliphatic heterocycles. The zero-order chi connectivity index (χ0) is 13.7. The molecular formula is C14H18N2OS2. The van der Waals surface area contributed by atoms with Gasteiger partial charge in [-0.1, -0.05) is 24.4 Å². The van der Waals surface area contributed by atoms with Crippen molar-refractivity contribution in [1.82, 2.24) is 5.32 Å². The Morgan fingerprint density at radius 1 is 1.26 bits per heavy atom. The highest BCUT2D eigenvalue weighted by molar-refractivity contribution is 7.99. The fraction of sp³-hybridized carbons (Fsp3) is 0.429. The average molecular weight is 294 g/mol. The lowest BCUT2D eigenvalue weighted by Gasteiger charge is -2.21. The van der Waals surface area contributed by atoms with E-state index in [1.54, 1.807) is 24.3 Å². The van der Waals surface area contributed by atoms with Crippen LogP contribution in [0.2, 0.25) is 0 Å². The van der Waals surface area contributed by atoms with E-state index in [1.807, 2.05) is 11.8 Å². The van der Waals surface area contributed by atoms with Crippen LogP contribution in [0.25, 0.3) is 0 Å². The van der Waals surface area contributed by atoms with Crippen molar-refractivity contribution in [1.29, 1.82) is 0 Å². The number of thioether (sulfide) groups is 1. The van der Waals surface area contributed by atoms with Crippen LogP contribution in [0.15, 0.2) is 24.3 Å². The number of thiocarbonyl (C=S) groups is 1. The average Bonchev–Trinajstić information content (AvgIpc) is 2.46. The topological polar surface area (TPSA) is 55.1 Å². The van der Waals surface area contributed by atoms with Crippen LogP contribution in [-0.4, -0.2) is 28.9 Å². The molecule has 1 aromatic carbocycles. The van der Waals surface area contributed by atoms with Crippen LogP contribution in [0.4, 0.5) is 0 Å². The van der Waals surface area contributed by atoms with Crippen LogP contribution in [0.5, 0.6) is 0 Å². The van der Waals surface area contributed by atoms with E-state index in [-0.39, 0.29) is 5.91 Å². The van der Waals surface area contributed by atoms with Gasteiger partial charge in [-0.2, -0.15) is 11.8 Å². The minimum atomic E-state index is -0.0206. The van der Waals surface area contributed by atoms with E-state index >= 15 is 0 Å². The number of nitrogens with one attached hydrogen (secondary N) is 1. The van der Waals surface area contributed by atoms with Crippen molar-refractivity contribution < 1.29 is 4.79 Å². The summed E-state index contributed by atoms with van der Waals surface area (Å²) in [7, 11) is 0. The third-order valence-corrected chi connectivity index (χ3v) is 4.61. The second kappa shape index (κ2) is 6.91. The summed E-state index contributed by atoms with van der Waals surface area (Å²) in [5.41, 5.74) is 6.97. The Bertz CT molecular complexity index is 453. The van der Waals surface area contributed by atoms with Crippen molar-refractivity contribution in [3.05, 3.63) is 35.4 Å². The number of hydrogen-bond donors (Lipinski definition) is 2. The molecule has 0 saturated carbocycles. The van der Waals surface area contributed by atoms with Gasteiger partial charge in [0.25, 0.3) is 5.91 Å². The van der Waals surface area contributed by atoms with Crippen LogP contribution in [-0.2, 0) is 0 Å². The van der Waals surface area contributed by atoms with E-state index in [2.05, 4.69) is 5.32 Å². The van der Waals surface area contributed by atoms with Crippen LogP contribution in [0.3, 0.4) is 0 Å². The number of carbonyl (C=O) groups excluding carboxylic acids is 1. The first-order valence-electron chi connectivity index (χ1n) is 6.42. The van der Waals surface area contributed by atoms with E-state index in [0.717, 1.165) is 12.1 Å². The van der Waals surface area contributed by atoms with Gasteiger partial charge in [0.15, 0.2) is 0 Å². The Balaban J connectivity index is 1.86. The van der Waals surface area contributed by atoms with E-state index in [0.29, 0.717) is 16.5 Å². The van der Waals surface area contributed by atoms with Gasteiger partial charge in [-0.15, -0.1) is 0 Å². The molecule has 0 bridgehead atoms. The predicted molar refractivity (Wildman–Crippen MR) is 84.7 cm³/mol. The molecule has 0 aliphatic carbocycles. The molecular weight excluding hydrogens is 276 g/mol. The first-order valence-corrected chi connectivity index (χ1v) is 7.99. The van der Waals surface area contributed by atoms with E-state index in [1.165, 1.54) is 24.3 Å². The second-order valence-corrected chi connectivity index (χ2v) is 6.37. The molecule has 0 spiro atoms. The molecule has 2 rings (SSSR count). The minimum Gasteiger partial charge on any atom is -0.389 e. The summed E-state index contributed by atoms with van der Waals surface area (Å²) in [6.07, 6.45) is 2.40. The molecule has 19 heavy (non-hydrogen) atoms. The first-order chi connectivity index (χ1) is 9.16. The molecule has 1 saturated heterocycles. The maximum Gasteiger partial charge on any atom is 0.251 e. The molecule has 0 atom stereocenters. The molecule has 1 heterocycles. The fourth-order valence-electron chi connectivity index (χ4n) is 2.08. The third kappa shape index (κ3) is 4.21. The minimum absolute atomic E-state index is 0.0206. The Morgan fingerprint density at radius 3 is 2.42 bits per heavy atom. The predicted octanol–water partition coefficient (Wildman–Crippen LogP) is 2.19. The molecule has 1 aliphatic rings. The highest BCUT2D eigenvalue weighted by Gasteiger charge is 2.15. The number of nitrogens with two attached hydrogens (primary N) is 1. The molecule has 0 aromatic heterocycles. The third-order valence-electron chi connectivity index (χ3n) is 3.32.